The minimum absolute atomic E-state index is 0.00148. The second kappa shape index (κ2) is 22.8. The molecule has 20 nitrogen and oxygen atoms in total. The number of azide groups is 1. The van der Waals surface area contributed by atoms with Crippen LogP contribution in [0.4, 0.5) is 0 Å². The lowest BCUT2D eigenvalue weighted by Gasteiger charge is -1.98. The Kier molecular flexibility index (Phi) is 20.1. The summed E-state index contributed by atoms with van der Waals surface area (Å²) in [5, 5.41) is 50.6. The first-order valence-corrected chi connectivity index (χ1v) is 13.7. The molecule has 0 spiro atoms. The Morgan fingerprint density at radius 3 is 2.00 bits per heavy atom. The number of aryl methyl sites for hydroxylation is 3. The van der Waals surface area contributed by atoms with E-state index in [1.54, 1.807) is 38.1 Å². The summed E-state index contributed by atoms with van der Waals surface area (Å²) in [4.78, 5) is 48.0. The van der Waals surface area contributed by atoms with E-state index in [0.717, 1.165) is 5.52 Å². The lowest BCUT2D eigenvalue weighted by atomic mass is 10.2. The van der Waals surface area contributed by atoms with Gasteiger partial charge in [-0.1, -0.05) is 26.7 Å². The molecule has 0 atom stereocenters. The number of hydrogen-bond acceptors (Lipinski definition) is 14. The molecular formula is C27H39N13O7. The van der Waals surface area contributed by atoms with Crippen LogP contribution in [0, 0.1) is 11.8 Å². The average molecular weight is 658 g/mol. The fourth-order valence-corrected chi connectivity index (χ4v) is 3.36. The number of aromatic amines is 1. The fraction of sp³-hybridized carbons (Fsp3) is 0.481. The van der Waals surface area contributed by atoms with Crippen molar-refractivity contribution in [1.29, 1.82) is 0 Å². The van der Waals surface area contributed by atoms with Crippen LogP contribution in [0.25, 0.3) is 21.5 Å². The smallest absolute Gasteiger partial charge is 0.278 e. The van der Waals surface area contributed by atoms with Gasteiger partial charge in [-0.15, -0.1) is 15.3 Å². The number of fused-ring (bicyclic) bond motifs is 1. The van der Waals surface area contributed by atoms with Crippen molar-refractivity contribution in [2.24, 2.45) is 26.3 Å². The monoisotopic (exact) mass is 657 g/mol. The van der Waals surface area contributed by atoms with Crippen LogP contribution in [0.2, 0.25) is 0 Å². The molecule has 0 aliphatic rings. The van der Waals surface area contributed by atoms with E-state index in [1.807, 2.05) is 0 Å². The van der Waals surface area contributed by atoms with Crippen LogP contribution >= 0.6 is 0 Å². The number of hydrogen-bond donors (Lipinski definition) is 4. The number of pyridine rings is 1. The van der Waals surface area contributed by atoms with Gasteiger partial charge in [0.05, 0.1) is 23.5 Å². The molecule has 0 amide bonds. The molecule has 4 heterocycles. The zero-order valence-electron chi connectivity index (χ0n) is 27.2. The molecular weight excluding hydrogens is 618 g/mol. The van der Waals surface area contributed by atoms with Crippen LogP contribution in [-0.4, -0.2) is 110 Å². The topological polar surface area (TPSA) is 286 Å². The van der Waals surface area contributed by atoms with Gasteiger partial charge in [0.25, 0.3) is 5.56 Å². The van der Waals surface area contributed by atoms with Crippen LogP contribution in [0.1, 0.15) is 59.6 Å². The summed E-state index contributed by atoms with van der Waals surface area (Å²) in [6, 6.07) is 1.76. The van der Waals surface area contributed by atoms with Crippen LogP contribution < -0.4 is 5.56 Å². The molecule has 0 fully saturated rings. The predicted octanol–water partition coefficient (Wildman–Crippen LogP) is -0.351. The molecule has 47 heavy (non-hydrogen) atoms. The fourth-order valence-electron chi connectivity index (χ4n) is 3.36. The van der Waals surface area contributed by atoms with Gasteiger partial charge in [0, 0.05) is 92.5 Å². The summed E-state index contributed by atoms with van der Waals surface area (Å²) in [5.41, 5.74) is 10.3. The minimum atomic E-state index is -0.199. The number of carbonyl (C=O) groups excluding carboxylic acids is 3. The van der Waals surface area contributed by atoms with Gasteiger partial charge in [0.1, 0.15) is 5.69 Å². The summed E-state index contributed by atoms with van der Waals surface area (Å²) in [5.74, 6) is 4.43. The van der Waals surface area contributed by atoms with Crippen molar-refractivity contribution in [2.75, 3.05) is 26.9 Å². The molecule has 0 aliphatic heterocycles. The van der Waals surface area contributed by atoms with Crippen LogP contribution in [-0.2, 0) is 38.8 Å². The summed E-state index contributed by atoms with van der Waals surface area (Å²) >= 11 is 0. The van der Waals surface area contributed by atoms with Crippen LogP contribution in [0.15, 0.2) is 22.2 Å². The van der Waals surface area contributed by atoms with Crippen molar-refractivity contribution >= 4 is 28.4 Å². The number of nitrogens with one attached hydrogen (secondary N) is 1. The maximum absolute atomic E-state index is 11.0. The van der Waals surface area contributed by atoms with Crippen molar-refractivity contribution in [3.8, 4) is 11.8 Å². The molecule has 4 aromatic rings. The van der Waals surface area contributed by atoms with E-state index < -0.39 is 0 Å². The van der Waals surface area contributed by atoms with E-state index in [9.17, 15) is 19.2 Å². The maximum Gasteiger partial charge on any atom is 0.278 e. The number of H-pyrrole nitrogens is 1. The summed E-state index contributed by atoms with van der Waals surface area (Å²) in [6.45, 7) is 4.30. The number of aliphatic hydroxyl groups is 3. The number of nitrogens with zero attached hydrogens (tertiary/aromatic N) is 12. The second-order valence-electron chi connectivity index (χ2n) is 8.95. The van der Waals surface area contributed by atoms with Crippen LogP contribution in [0.5, 0.6) is 0 Å². The third kappa shape index (κ3) is 14.8. The maximum atomic E-state index is 11.0. The van der Waals surface area contributed by atoms with Crippen molar-refractivity contribution in [1.82, 2.24) is 50.0 Å². The average Bonchev–Trinajstić information content (AvgIpc) is 3.71. The van der Waals surface area contributed by atoms with E-state index in [1.165, 1.54) is 37.2 Å². The molecule has 0 aromatic carbocycles. The van der Waals surface area contributed by atoms with Gasteiger partial charge in [-0.25, -0.2) is 9.36 Å². The Morgan fingerprint density at radius 1 is 0.915 bits per heavy atom. The Hall–Kier alpha value is -5.61. The van der Waals surface area contributed by atoms with Crippen molar-refractivity contribution < 1.29 is 29.7 Å². The van der Waals surface area contributed by atoms with Gasteiger partial charge in [-0.2, -0.15) is 0 Å². The molecule has 0 bridgehead atoms. The van der Waals surface area contributed by atoms with Crippen molar-refractivity contribution in [3.05, 3.63) is 55.8 Å². The molecule has 0 saturated carbocycles. The van der Waals surface area contributed by atoms with E-state index in [-0.39, 0.29) is 42.7 Å². The zero-order chi connectivity index (χ0) is 35.9. The highest BCUT2D eigenvalue weighted by atomic mass is 16.3. The predicted molar refractivity (Wildman–Crippen MR) is 168 cm³/mol. The number of rotatable bonds is 7. The zero-order valence-corrected chi connectivity index (χ0v) is 27.2. The van der Waals surface area contributed by atoms with Crippen molar-refractivity contribution in [2.45, 2.75) is 40.0 Å². The lowest BCUT2D eigenvalue weighted by molar-refractivity contribution is -0.111. The molecule has 0 saturated heterocycles. The molecule has 4 N–H and O–H groups in total. The van der Waals surface area contributed by atoms with Gasteiger partial charge in [-0.05, 0) is 17.5 Å². The summed E-state index contributed by atoms with van der Waals surface area (Å²) < 4.78 is 4.49. The minimum Gasteiger partial charge on any atom is -0.396 e. The first-order valence-electron chi connectivity index (χ1n) is 13.7. The van der Waals surface area contributed by atoms with Gasteiger partial charge >= 0.3 is 0 Å². The number of aromatic nitrogens is 10. The third-order valence-electron chi connectivity index (χ3n) is 5.34. The van der Waals surface area contributed by atoms with E-state index in [2.05, 4.69) is 57.8 Å². The molecule has 4 rings (SSSR count). The number of carbonyl (C=O) groups is 3. The SMILES string of the molecule is CC(=O)C#CCCO.CC(=O)c1c(CCO)nnn1C.CC(=O)c1nnn(C)c1CCO.CN=[N+]=[N-].Cn1nnc2c(=O)[nH]ccc21. The van der Waals surface area contributed by atoms with Gasteiger partial charge < -0.3 is 20.3 Å². The van der Waals surface area contributed by atoms with Crippen LogP contribution in [0.3, 0.4) is 0 Å². The molecule has 0 unspecified atom stereocenters. The summed E-state index contributed by atoms with van der Waals surface area (Å²) in [6.07, 6.45) is 2.76. The molecule has 4 aromatic heterocycles. The Balaban J connectivity index is 0.000000583. The van der Waals surface area contributed by atoms with Gasteiger partial charge in [0.2, 0.25) is 5.78 Å². The van der Waals surface area contributed by atoms with Gasteiger partial charge in [0.15, 0.2) is 22.8 Å². The first-order chi connectivity index (χ1) is 22.3. The quantitative estimate of drug-likeness (QED) is 0.0494. The Bertz CT molecular complexity index is 1750. The Labute approximate surface area is 269 Å². The third-order valence-corrected chi connectivity index (χ3v) is 5.34. The summed E-state index contributed by atoms with van der Waals surface area (Å²) in [7, 11) is 6.49. The van der Waals surface area contributed by atoms with E-state index in [0.29, 0.717) is 47.6 Å². The van der Waals surface area contributed by atoms with E-state index in [4.69, 9.17) is 20.9 Å². The number of aliphatic hydroxyl groups excluding tert-OH is 3. The lowest BCUT2D eigenvalue weighted by Crippen LogP contribution is -2.06. The van der Waals surface area contributed by atoms with Gasteiger partial charge in [-0.3, -0.25) is 23.9 Å². The second-order valence-corrected chi connectivity index (χ2v) is 8.95. The highest BCUT2D eigenvalue weighted by Gasteiger charge is 2.14. The highest BCUT2D eigenvalue weighted by molar-refractivity contribution is 5.94. The molecule has 0 radical (unpaired) electrons. The highest BCUT2D eigenvalue weighted by Crippen LogP contribution is 2.06. The number of ketones is 3. The first kappa shape index (κ1) is 41.4. The normalized spacial score (nSPS) is 9.32. The largest absolute Gasteiger partial charge is 0.396 e. The molecule has 0 aliphatic carbocycles. The molecule has 20 heteroatoms. The standard InChI is InChI=1S/2C7H11N3O2.C6H6N4O.C6H8O2.CH3N3/c1-5(12)7-6(3-4-11)10(2)9-8-7;1-5(12)7-6(3-4-11)8-9-10(7)2;1-10-4-2-3-7-6(11)5(4)8-9-10;1-6(8)4-2-3-5-7;1-3-4-2/h2*11H,3-4H2,1-2H3;2-3H,1H3,(H,7,11);7H,3,5H2,1H3;1H3. The Morgan fingerprint density at radius 2 is 1.51 bits per heavy atom. The molecule has 254 valence electrons. The van der Waals surface area contributed by atoms with E-state index >= 15 is 0 Å². The number of Topliss-reactive ketones (excluding diaryl/α,β-unsaturated/α-hetero) is 3. The van der Waals surface area contributed by atoms with Crippen molar-refractivity contribution in [3.63, 3.8) is 0 Å².